The van der Waals surface area contributed by atoms with Gasteiger partial charge in [0.1, 0.15) is 5.82 Å². The summed E-state index contributed by atoms with van der Waals surface area (Å²) in [4.78, 5) is 8.89. The van der Waals surface area contributed by atoms with Crippen molar-refractivity contribution in [1.29, 1.82) is 0 Å². The van der Waals surface area contributed by atoms with Crippen LogP contribution in [0.4, 0.5) is 0 Å². The number of imidazole rings is 1. The molecule has 0 atom stereocenters. The fraction of sp³-hybridized carbons (Fsp3) is 0.368. The molecule has 0 aliphatic heterocycles. The average Bonchev–Trinajstić information content (AvgIpc) is 3.17. The lowest BCUT2D eigenvalue weighted by Crippen LogP contribution is -2.37. The van der Waals surface area contributed by atoms with Gasteiger partial charge in [-0.25, -0.2) is 4.98 Å². The van der Waals surface area contributed by atoms with E-state index in [1.54, 1.807) is 7.05 Å². The second kappa shape index (κ2) is 7.88. The molecule has 3 rings (SSSR count). The Labute approximate surface area is 148 Å². The number of nitrogens with one attached hydrogen (secondary N) is 2. The van der Waals surface area contributed by atoms with Gasteiger partial charge in [0.15, 0.2) is 5.96 Å². The van der Waals surface area contributed by atoms with Gasteiger partial charge in [0.05, 0.1) is 11.0 Å². The van der Waals surface area contributed by atoms with Gasteiger partial charge >= 0.3 is 0 Å². The Kier molecular flexibility index (Phi) is 5.38. The van der Waals surface area contributed by atoms with Crippen molar-refractivity contribution in [2.24, 2.45) is 12.0 Å². The van der Waals surface area contributed by atoms with E-state index in [-0.39, 0.29) is 0 Å². The van der Waals surface area contributed by atoms with E-state index in [1.165, 1.54) is 11.1 Å². The third-order valence-corrected chi connectivity index (χ3v) is 4.27. The van der Waals surface area contributed by atoms with E-state index in [2.05, 4.69) is 62.6 Å². The van der Waals surface area contributed by atoms with Gasteiger partial charge in [-0.2, -0.15) is 0 Å². The molecule has 0 bridgehead atoms. The monoisotopic (exact) mass is 338 g/mol. The highest BCUT2D eigenvalue weighted by Gasteiger charge is 2.06. The lowest BCUT2D eigenvalue weighted by molar-refractivity contribution is 0.624. The maximum Gasteiger partial charge on any atom is 0.191 e. The lowest BCUT2D eigenvalue weighted by Gasteiger charge is -2.12. The van der Waals surface area contributed by atoms with Crippen molar-refractivity contribution in [3.8, 4) is 0 Å². The standard InChI is InChI=1S/C19H26N6/c1-15-23-17-7-4-5-8-18(17)25(15)11-6-10-21-19(20-2)22-13-16-9-12-24(3)14-16/h4-5,7-9,12,14H,6,10-11,13H2,1-3H3,(H2,20,21,22). The quantitative estimate of drug-likeness (QED) is 0.412. The summed E-state index contributed by atoms with van der Waals surface area (Å²) >= 11 is 0. The van der Waals surface area contributed by atoms with Gasteiger partial charge in [0, 0.05) is 46.1 Å². The predicted molar refractivity (Wildman–Crippen MR) is 103 cm³/mol. The number of fused-ring (bicyclic) bond motifs is 1. The zero-order valence-corrected chi connectivity index (χ0v) is 15.2. The fourth-order valence-electron chi connectivity index (χ4n) is 2.99. The van der Waals surface area contributed by atoms with E-state index in [0.29, 0.717) is 0 Å². The van der Waals surface area contributed by atoms with Crippen LogP contribution < -0.4 is 10.6 Å². The number of aryl methyl sites for hydroxylation is 3. The van der Waals surface area contributed by atoms with Crippen LogP contribution in [-0.4, -0.2) is 33.7 Å². The fourth-order valence-corrected chi connectivity index (χ4v) is 2.99. The predicted octanol–water partition coefficient (Wildman–Crippen LogP) is 2.44. The topological polar surface area (TPSA) is 59.2 Å². The molecule has 2 aromatic heterocycles. The summed E-state index contributed by atoms with van der Waals surface area (Å²) in [6.07, 6.45) is 5.16. The zero-order valence-electron chi connectivity index (χ0n) is 15.2. The lowest BCUT2D eigenvalue weighted by atomic mass is 10.3. The molecule has 25 heavy (non-hydrogen) atoms. The van der Waals surface area contributed by atoms with Crippen LogP contribution >= 0.6 is 0 Å². The van der Waals surface area contributed by atoms with Crippen LogP contribution in [0.15, 0.2) is 47.7 Å². The van der Waals surface area contributed by atoms with Crippen molar-refractivity contribution in [2.45, 2.75) is 26.4 Å². The molecule has 2 heterocycles. The summed E-state index contributed by atoms with van der Waals surface area (Å²) in [6, 6.07) is 10.4. The molecule has 3 aromatic rings. The van der Waals surface area contributed by atoms with Crippen LogP contribution in [0.2, 0.25) is 0 Å². The minimum absolute atomic E-state index is 0.770. The van der Waals surface area contributed by atoms with Crippen molar-refractivity contribution >= 4 is 17.0 Å². The molecule has 0 saturated carbocycles. The van der Waals surface area contributed by atoms with Crippen molar-refractivity contribution in [3.63, 3.8) is 0 Å². The Hall–Kier alpha value is -2.76. The van der Waals surface area contributed by atoms with Crippen molar-refractivity contribution < 1.29 is 0 Å². The van der Waals surface area contributed by atoms with Gasteiger partial charge in [-0.1, -0.05) is 12.1 Å². The largest absolute Gasteiger partial charge is 0.357 e. The van der Waals surface area contributed by atoms with Gasteiger partial charge in [-0.3, -0.25) is 4.99 Å². The van der Waals surface area contributed by atoms with E-state index in [4.69, 9.17) is 0 Å². The Morgan fingerprint density at radius 1 is 1.20 bits per heavy atom. The third-order valence-electron chi connectivity index (χ3n) is 4.27. The first-order valence-corrected chi connectivity index (χ1v) is 8.64. The van der Waals surface area contributed by atoms with Gasteiger partial charge in [0.25, 0.3) is 0 Å². The molecular weight excluding hydrogens is 312 g/mol. The normalized spacial score (nSPS) is 11.9. The van der Waals surface area contributed by atoms with E-state index in [1.807, 2.05) is 23.9 Å². The molecule has 0 radical (unpaired) electrons. The van der Waals surface area contributed by atoms with Crippen LogP contribution in [0.3, 0.4) is 0 Å². The molecule has 6 heteroatoms. The molecule has 0 aliphatic carbocycles. The van der Waals surface area contributed by atoms with Gasteiger partial charge in [0.2, 0.25) is 0 Å². The summed E-state index contributed by atoms with van der Waals surface area (Å²) < 4.78 is 4.32. The van der Waals surface area contributed by atoms with Gasteiger partial charge in [-0.05, 0) is 37.1 Å². The molecule has 2 N–H and O–H groups in total. The Balaban J connectivity index is 1.47. The van der Waals surface area contributed by atoms with E-state index < -0.39 is 0 Å². The Morgan fingerprint density at radius 2 is 2.04 bits per heavy atom. The molecule has 0 spiro atoms. The molecule has 0 aliphatic rings. The first-order valence-electron chi connectivity index (χ1n) is 8.64. The number of benzene rings is 1. The van der Waals surface area contributed by atoms with Crippen LogP contribution in [0.5, 0.6) is 0 Å². The summed E-state index contributed by atoms with van der Waals surface area (Å²) in [6.45, 7) is 4.63. The zero-order chi connectivity index (χ0) is 17.6. The molecule has 6 nitrogen and oxygen atoms in total. The highest BCUT2D eigenvalue weighted by Crippen LogP contribution is 2.15. The van der Waals surface area contributed by atoms with Crippen molar-refractivity contribution in [1.82, 2.24) is 24.8 Å². The van der Waals surface area contributed by atoms with Crippen LogP contribution in [0, 0.1) is 6.92 Å². The van der Waals surface area contributed by atoms with Crippen LogP contribution in [0.1, 0.15) is 17.8 Å². The van der Waals surface area contributed by atoms with Gasteiger partial charge < -0.3 is 19.8 Å². The third kappa shape index (κ3) is 4.21. The molecule has 0 unspecified atom stereocenters. The van der Waals surface area contributed by atoms with Crippen LogP contribution in [-0.2, 0) is 20.1 Å². The number of nitrogens with zero attached hydrogens (tertiary/aromatic N) is 4. The molecule has 1 aromatic carbocycles. The summed E-state index contributed by atoms with van der Waals surface area (Å²) in [5, 5.41) is 6.71. The number of hydrogen-bond acceptors (Lipinski definition) is 2. The molecule has 0 saturated heterocycles. The van der Waals surface area contributed by atoms with E-state index in [9.17, 15) is 0 Å². The molecule has 0 fully saturated rings. The second-order valence-electron chi connectivity index (χ2n) is 6.19. The van der Waals surface area contributed by atoms with E-state index >= 15 is 0 Å². The summed E-state index contributed by atoms with van der Waals surface area (Å²) in [7, 11) is 3.83. The minimum atomic E-state index is 0.770. The number of para-hydroxylation sites is 2. The van der Waals surface area contributed by atoms with Crippen molar-refractivity contribution in [3.05, 3.63) is 54.1 Å². The van der Waals surface area contributed by atoms with Crippen LogP contribution in [0.25, 0.3) is 11.0 Å². The van der Waals surface area contributed by atoms with E-state index in [0.717, 1.165) is 43.4 Å². The number of hydrogen-bond donors (Lipinski definition) is 2. The number of aliphatic imine (C=N–C) groups is 1. The molecular formula is C19H26N6. The van der Waals surface area contributed by atoms with Gasteiger partial charge in [-0.15, -0.1) is 0 Å². The van der Waals surface area contributed by atoms with Crippen molar-refractivity contribution in [2.75, 3.05) is 13.6 Å². The first-order chi connectivity index (χ1) is 12.2. The number of aromatic nitrogens is 3. The molecule has 0 amide bonds. The smallest absolute Gasteiger partial charge is 0.191 e. The minimum Gasteiger partial charge on any atom is -0.357 e. The second-order valence-corrected chi connectivity index (χ2v) is 6.19. The summed E-state index contributed by atoms with van der Waals surface area (Å²) in [5.41, 5.74) is 3.51. The summed E-state index contributed by atoms with van der Waals surface area (Å²) in [5.74, 6) is 1.89. The maximum atomic E-state index is 4.61. The highest BCUT2D eigenvalue weighted by molar-refractivity contribution is 5.79. The first kappa shape index (κ1) is 17.1. The number of rotatable bonds is 6. The Morgan fingerprint density at radius 3 is 2.80 bits per heavy atom. The number of guanidine groups is 1. The Bertz CT molecular complexity index is 858. The average molecular weight is 338 g/mol. The maximum absolute atomic E-state index is 4.61. The highest BCUT2D eigenvalue weighted by atomic mass is 15.2. The SMILES string of the molecule is CN=C(NCCCn1c(C)nc2ccccc21)NCc1ccn(C)c1. The molecule has 132 valence electrons.